The Hall–Kier alpha value is -3.63. The van der Waals surface area contributed by atoms with Crippen LogP contribution in [0.5, 0.6) is 0 Å². The third-order valence-electron chi connectivity index (χ3n) is 7.73. The number of hydrogen-bond donors (Lipinski definition) is 5. The number of aryl methyl sites for hydroxylation is 1. The van der Waals surface area contributed by atoms with Gasteiger partial charge in [-0.1, -0.05) is 30.3 Å². The largest absolute Gasteiger partial charge is 0.480 e. The number of aliphatic carboxylic acids is 5. The van der Waals surface area contributed by atoms with Crippen LogP contribution in [0.1, 0.15) is 24.8 Å². The molecular formula is C30H47N5O10. The lowest BCUT2D eigenvalue weighted by molar-refractivity contribution is -0.143. The summed E-state index contributed by atoms with van der Waals surface area (Å²) < 4.78 is 0. The second-order valence-electron chi connectivity index (χ2n) is 11.4. The van der Waals surface area contributed by atoms with Gasteiger partial charge in [0.15, 0.2) is 0 Å². The fraction of sp³-hybridized carbons (Fsp3) is 0.633. The van der Waals surface area contributed by atoms with E-state index in [2.05, 4.69) is 4.90 Å². The maximum absolute atomic E-state index is 11.7. The molecule has 0 spiro atoms. The highest BCUT2D eigenvalue weighted by Crippen LogP contribution is 2.14. The minimum absolute atomic E-state index is 0.223. The Bertz CT molecular complexity index is 1080. The zero-order chi connectivity index (χ0) is 33.2. The van der Waals surface area contributed by atoms with Crippen molar-refractivity contribution in [3.05, 3.63) is 35.9 Å². The summed E-state index contributed by atoms with van der Waals surface area (Å²) in [5, 5.41) is 47.5. The zero-order valence-electron chi connectivity index (χ0n) is 25.7. The van der Waals surface area contributed by atoms with Gasteiger partial charge in [0.1, 0.15) is 0 Å². The van der Waals surface area contributed by atoms with Gasteiger partial charge in [-0.2, -0.15) is 0 Å². The van der Waals surface area contributed by atoms with E-state index in [9.17, 15) is 49.5 Å². The molecule has 1 unspecified atom stereocenters. The normalized spacial score (nSPS) is 17.5. The first-order valence-electron chi connectivity index (χ1n) is 15.2. The molecule has 0 amide bonds. The van der Waals surface area contributed by atoms with Crippen molar-refractivity contribution in [2.75, 3.05) is 91.6 Å². The number of hydrogen-bond acceptors (Lipinski definition) is 10. The van der Waals surface area contributed by atoms with E-state index in [1.54, 1.807) is 14.7 Å². The Balaban J connectivity index is 2.30. The highest BCUT2D eigenvalue weighted by Gasteiger charge is 2.26. The van der Waals surface area contributed by atoms with Crippen LogP contribution in [0.15, 0.2) is 30.3 Å². The number of rotatable bonds is 17. The average molecular weight is 638 g/mol. The van der Waals surface area contributed by atoms with Crippen LogP contribution < -0.4 is 0 Å². The third kappa shape index (κ3) is 16.9. The summed E-state index contributed by atoms with van der Waals surface area (Å²) in [4.78, 5) is 66.7. The van der Waals surface area contributed by atoms with Crippen LogP contribution in [0.2, 0.25) is 0 Å². The number of carboxylic acids is 5. The second-order valence-corrected chi connectivity index (χ2v) is 11.4. The van der Waals surface area contributed by atoms with E-state index in [-0.39, 0.29) is 32.7 Å². The summed E-state index contributed by atoms with van der Waals surface area (Å²) in [5.74, 6) is -5.36. The van der Waals surface area contributed by atoms with Gasteiger partial charge in [0, 0.05) is 58.4 Å². The molecule has 2 rings (SSSR count). The van der Waals surface area contributed by atoms with E-state index < -0.39 is 49.0 Å². The molecule has 1 fully saturated rings. The van der Waals surface area contributed by atoms with Crippen molar-refractivity contribution in [2.45, 2.75) is 31.7 Å². The highest BCUT2D eigenvalue weighted by atomic mass is 16.4. The van der Waals surface area contributed by atoms with Crippen LogP contribution in [-0.4, -0.2) is 178 Å². The molecular weight excluding hydrogens is 590 g/mol. The lowest BCUT2D eigenvalue weighted by Gasteiger charge is -2.35. The minimum Gasteiger partial charge on any atom is -0.480 e. The SMILES string of the molecule is O=C(O)CN1CCCN(CC(CCCc2ccccc2)N(CC(=O)O)CC(=O)O)CCN(CC(=O)O)CCN(CC(=O)O)CC1. The number of carbonyl (C=O) groups is 5. The minimum atomic E-state index is -1.14. The van der Waals surface area contributed by atoms with E-state index in [1.165, 1.54) is 4.90 Å². The molecule has 15 heteroatoms. The quantitative estimate of drug-likeness (QED) is 0.149. The van der Waals surface area contributed by atoms with Crippen molar-refractivity contribution in [1.82, 2.24) is 24.5 Å². The van der Waals surface area contributed by atoms with Crippen molar-refractivity contribution in [1.29, 1.82) is 0 Å². The summed E-state index contributed by atoms with van der Waals surface area (Å²) in [6.07, 6.45) is 2.49. The molecule has 252 valence electrons. The molecule has 1 heterocycles. The molecule has 45 heavy (non-hydrogen) atoms. The Morgan fingerprint density at radius 3 is 1.47 bits per heavy atom. The molecule has 1 atom stereocenters. The summed E-state index contributed by atoms with van der Waals surface area (Å²) in [6.45, 7) is 1.47. The number of carboxylic acid groups (broad SMARTS) is 5. The van der Waals surface area contributed by atoms with Gasteiger partial charge >= 0.3 is 29.8 Å². The molecule has 5 N–H and O–H groups in total. The molecule has 1 aromatic rings. The van der Waals surface area contributed by atoms with Gasteiger partial charge in [0.25, 0.3) is 0 Å². The second kappa shape index (κ2) is 20.4. The molecule has 1 aliphatic rings. The van der Waals surface area contributed by atoms with Gasteiger partial charge < -0.3 is 30.4 Å². The fourth-order valence-corrected chi connectivity index (χ4v) is 5.58. The third-order valence-corrected chi connectivity index (χ3v) is 7.73. The molecule has 15 nitrogen and oxygen atoms in total. The van der Waals surface area contributed by atoms with Crippen LogP contribution in [0.25, 0.3) is 0 Å². The predicted molar refractivity (Wildman–Crippen MR) is 163 cm³/mol. The van der Waals surface area contributed by atoms with Gasteiger partial charge in [-0.15, -0.1) is 0 Å². The summed E-state index contributed by atoms with van der Waals surface area (Å²) >= 11 is 0. The summed E-state index contributed by atoms with van der Waals surface area (Å²) in [5.41, 5.74) is 1.11. The van der Waals surface area contributed by atoms with Crippen LogP contribution in [0, 0.1) is 0 Å². The topological polar surface area (TPSA) is 203 Å². The Labute approximate surface area is 263 Å². The smallest absolute Gasteiger partial charge is 0.317 e. The van der Waals surface area contributed by atoms with E-state index >= 15 is 0 Å². The standard InChI is InChI=1S/C30H47N5O10/c36-26(37)19-32-11-5-10-31(12-14-33(20-27(38)39)16-17-34(15-13-32)21-28(40)41)18-25(35(22-29(42)43)23-30(44)45)9-4-8-24-6-2-1-3-7-24/h1-3,6-7,25H,4-5,8-23H2,(H,36,37)(H,38,39)(H,40,41)(H,42,43)(H,44,45). The van der Waals surface area contributed by atoms with Crippen molar-refractivity contribution < 1.29 is 49.5 Å². The fourth-order valence-electron chi connectivity index (χ4n) is 5.58. The molecule has 0 aliphatic carbocycles. The first-order valence-corrected chi connectivity index (χ1v) is 15.2. The Morgan fingerprint density at radius 1 is 0.600 bits per heavy atom. The van der Waals surface area contributed by atoms with Crippen molar-refractivity contribution in [3.63, 3.8) is 0 Å². The lowest BCUT2D eigenvalue weighted by Crippen LogP contribution is -2.50. The summed E-state index contributed by atoms with van der Waals surface area (Å²) in [7, 11) is 0. The van der Waals surface area contributed by atoms with Gasteiger partial charge in [-0.05, 0) is 37.8 Å². The van der Waals surface area contributed by atoms with Crippen LogP contribution >= 0.6 is 0 Å². The van der Waals surface area contributed by atoms with Crippen molar-refractivity contribution >= 4 is 29.8 Å². The monoisotopic (exact) mass is 637 g/mol. The van der Waals surface area contributed by atoms with E-state index in [1.807, 2.05) is 30.3 Å². The molecule has 1 aromatic carbocycles. The Kier molecular flexibility index (Phi) is 17.0. The molecule has 1 aliphatic heterocycles. The van der Waals surface area contributed by atoms with Crippen LogP contribution in [0.4, 0.5) is 0 Å². The maximum Gasteiger partial charge on any atom is 0.317 e. The van der Waals surface area contributed by atoms with Crippen molar-refractivity contribution in [2.24, 2.45) is 0 Å². The summed E-state index contributed by atoms with van der Waals surface area (Å²) in [6, 6.07) is 9.36. The highest BCUT2D eigenvalue weighted by molar-refractivity contribution is 5.72. The van der Waals surface area contributed by atoms with E-state index in [0.29, 0.717) is 65.1 Å². The number of benzene rings is 1. The maximum atomic E-state index is 11.7. The van der Waals surface area contributed by atoms with Gasteiger partial charge in [-0.25, -0.2) is 0 Å². The number of nitrogens with zero attached hydrogens (tertiary/aromatic N) is 5. The molecule has 1 saturated heterocycles. The Morgan fingerprint density at radius 2 is 1.02 bits per heavy atom. The van der Waals surface area contributed by atoms with E-state index in [0.717, 1.165) is 12.0 Å². The van der Waals surface area contributed by atoms with Gasteiger partial charge in [0.2, 0.25) is 0 Å². The van der Waals surface area contributed by atoms with Crippen LogP contribution in [0.3, 0.4) is 0 Å². The van der Waals surface area contributed by atoms with Gasteiger partial charge in [0.05, 0.1) is 32.7 Å². The average Bonchev–Trinajstić information content (AvgIpc) is 2.95. The van der Waals surface area contributed by atoms with Crippen molar-refractivity contribution in [3.8, 4) is 0 Å². The first-order chi connectivity index (χ1) is 21.4. The van der Waals surface area contributed by atoms with E-state index in [4.69, 9.17) is 0 Å². The first kappa shape index (κ1) is 37.6. The van der Waals surface area contributed by atoms with Gasteiger partial charge in [-0.3, -0.25) is 43.6 Å². The molecule has 0 aromatic heterocycles. The predicted octanol–water partition coefficient (Wildman–Crippen LogP) is -0.285. The molecule has 0 radical (unpaired) electrons. The lowest BCUT2D eigenvalue weighted by atomic mass is 10.0. The molecule has 0 bridgehead atoms. The van der Waals surface area contributed by atoms with Crippen LogP contribution in [-0.2, 0) is 30.4 Å². The zero-order valence-corrected chi connectivity index (χ0v) is 25.7. The molecule has 0 saturated carbocycles.